The summed E-state index contributed by atoms with van der Waals surface area (Å²) in [6.07, 6.45) is 3.74. The molecular weight excluding hydrogens is 214 g/mol. The SMILES string of the molecule is Cc1cccnc1NC(=O)C1CC(C)CCN1. The van der Waals surface area contributed by atoms with E-state index in [-0.39, 0.29) is 11.9 Å². The molecule has 1 aliphatic heterocycles. The molecule has 0 aliphatic carbocycles. The number of hydrogen-bond acceptors (Lipinski definition) is 3. The molecule has 0 saturated carbocycles. The van der Waals surface area contributed by atoms with Crippen LogP contribution in [0.2, 0.25) is 0 Å². The summed E-state index contributed by atoms with van der Waals surface area (Å²) >= 11 is 0. The zero-order chi connectivity index (χ0) is 12.3. The van der Waals surface area contributed by atoms with Gasteiger partial charge in [0.05, 0.1) is 6.04 Å². The van der Waals surface area contributed by atoms with Gasteiger partial charge in [-0.25, -0.2) is 4.98 Å². The Kier molecular flexibility index (Phi) is 3.74. The van der Waals surface area contributed by atoms with Crippen LogP contribution < -0.4 is 10.6 Å². The number of nitrogens with zero attached hydrogens (tertiary/aromatic N) is 1. The number of aromatic nitrogens is 1. The fourth-order valence-electron chi connectivity index (χ4n) is 2.13. The molecule has 0 spiro atoms. The Morgan fingerprint density at radius 2 is 2.41 bits per heavy atom. The van der Waals surface area contributed by atoms with Gasteiger partial charge in [-0.2, -0.15) is 0 Å². The van der Waals surface area contributed by atoms with Crippen LogP contribution in [0.3, 0.4) is 0 Å². The first kappa shape index (κ1) is 12.0. The molecule has 1 amide bonds. The lowest BCUT2D eigenvalue weighted by Crippen LogP contribution is -2.45. The fraction of sp³-hybridized carbons (Fsp3) is 0.538. The van der Waals surface area contributed by atoms with Gasteiger partial charge in [0.2, 0.25) is 5.91 Å². The lowest BCUT2D eigenvalue weighted by atomic mass is 9.94. The van der Waals surface area contributed by atoms with Crippen LogP contribution in [0.25, 0.3) is 0 Å². The number of carbonyl (C=O) groups is 1. The zero-order valence-corrected chi connectivity index (χ0v) is 10.4. The number of aryl methyl sites for hydroxylation is 1. The van der Waals surface area contributed by atoms with E-state index in [2.05, 4.69) is 22.5 Å². The summed E-state index contributed by atoms with van der Waals surface area (Å²) in [6, 6.07) is 3.73. The van der Waals surface area contributed by atoms with E-state index in [9.17, 15) is 4.79 Å². The van der Waals surface area contributed by atoms with E-state index < -0.39 is 0 Å². The van der Waals surface area contributed by atoms with Gasteiger partial charge in [0, 0.05) is 6.20 Å². The van der Waals surface area contributed by atoms with Crippen molar-refractivity contribution in [2.45, 2.75) is 32.7 Å². The Bertz CT molecular complexity index is 405. The number of pyridine rings is 1. The summed E-state index contributed by atoms with van der Waals surface area (Å²) in [7, 11) is 0. The molecule has 1 fully saturated rings. The van der Waals surface area contributed by atoms with Crippen molar-refractivity contribution in [2.75, 3.05) is 11.9 Å². The van der Waals surface area contributed by atoms with Gasteiger partial charge in [0.15, 0.2) is 0 Å². The Labute approximate surface area is 102 Å². The number of rotatable bonds is 2. The molecule has 4 nitrogen and oxygen atoms in total. The molecule has 2 atom stereocenters. The molecule has 2 unspecified atom stereocenters. The van der Waals surface area contributed by atoms with Crippen LogP contribution in [0.15, 0.2) is 18.3 Å². The molecule has 1 aromatic heterocycles. The highest BCUT2D eigenvalue weighted by molar-refractivity contribution is 5.94. The van der Waals surface area contributed by atoms with Crippen molar-refractivity contribution in [1.82, 2.24) is 10.3 Å². The van der Waals surface area contributed by atoms with Crippen LogP contribution in [0.1, 0.15) is 25.3 Å². The number of piperidine rings is 1. The minimum absolute atomic E-state index is 0.0263. The molecular formula is C13H19N3O. The topological polar surface area (TPSA) is 54.0 Å². The zero-order valence-electron chi connectivity index (χ0n) is 10.4. The number of nitrogens with one attached hydrogen (secondary N) is 2. The summed E-state index contributed by atoms with van der Waals surface area (Å²) < 4.78 is 0. The Morgan fingerprint density at radius 1 is 1.59 bits per heavy atom. The van der Waals surface area contributed by atoms with E-state index in [1.807, 2.05) is 19.1 Å². The van der Waals surface area contributed by atoms with Crippen molar-refractivity contribution < 1.29 is 4.79 Å². The van der Waals surface area contributed by atoms with Gasteiger partial charge in [0.1, 0.15) is 5.82 Å². The monoisotopic (exact) mass is 233 g/mol. The smallest absolute Gasteiger partial charge is 0.242 e. The van der Waals surface area contributed by atoms with Crippen molar-refractivity contribution in [3.8, 4) is 0 Å². The third kappa shape index (κ3) is 3.03. The van der Waals surface area contributed by atoms with Crippen molar-refractivity contribution in [1.29, 1.82) is 0 Å². The van der Waals surface area contributed by atoms with E-state index >= 15 is 0 Å². The Balaban J connectivity index is 1.99. The number of carbonyl (C=O) groups excluding carboxylic acids is 1. The van der Waals surface area contributed by atoms with Gasteiger partial charge >= 0.3 is 0 Å². The normalized spacial score (nSPS) is 24.4. The molecule has 4 heteroatoms. The summed E-state index contributed by atoms with van der Waals surface area (Å²) in [4.78, 5) is 16.2. The Morgan fingerprint density at radius 3 is 3.12 bits per heavy atom. The fourth-order valence-corrected chi connectivity index (χ4v) is 2.13. The first-order valence-electron chi connectivity index (χ1n) is 6.12. The molecule has 1 aliphatic rings. The van der Waals surface area contributed by atoms with Gasteiger partial charge in [-0.3, -0.25) is 4.79 Å². The summed E-state index contributed by atoms with van der Waals surface area (Å²) in [5.41, 5.74) is 0.990. The highest BCUT2D eigenvalue weighted by Gasteiger charge is 2.24. The molecule has 0 aromatic carbocycles. The van der Waals surface area contributed by atoms with Crippen LogP contribution >= 0.6 is 0 Å². The van der Waals surface area contributed by atoms with Crippen molar-refractivity contribution in [2.24, 2.45) is 5.92 Å². The molecule has 1 aromatic rings. The standard InChI is InChI=1S/C13H19N3O/c1-9-5-7-14-11(8-9)13(17)16-12-10(2)4-3-6-15-12/h3-4,6,9,11,14H,5,7-8H2,1-2H3,(H,15,16,17). The van der Waals surface area contributed by atoms with Crippen LogP contribution in [0.5, 0.6) is 0 Å². The maximum Gasteiger partial charge on any atom is 0.242 e. The number of hydrogen-bond donors (Lipinski definition) is 2. The van der Waals surface area contributed by atoms with Gasteiger partial charge in [0.25, 0.3) is 0 Å². The number of amides is 1. The van der Waals surface area contributed by atoms with Gasteiger partial charge in [-0.05, 0) is 43.9 Å². The van der Waals surface area contributed by atoms with Crippen molar-refractivity contribution >= 4 is 11.7 Å². The molecule has 2 heterocycles. The first-order valence-corrected chi connectivity index (χ1v) is 6.12. The maximum atomic E-state index is 12.1. The van der Waals surface area contributed by atoms with Crippen LogP contribution in [-0.4, -0.2) is 23.5 Å². The average Bonchev–Trinajstić information content (AvgIpc) is 2.32. The molecule has 0 bridgehead atoms. The average molecular weight is 233 g/mol. The maximum absolute atomic E-state index is 12.1. The first-order chi connectivity index (χ1) is 8.16. The van der Waals surface area contributed by atoms with Gasteiger partial charge < -0.3 is 10.6 Å². The molecule has 1 saturated heterocycles. The quantitative estimate of drug-likeness (QED) is 0.817. The summed E-state index contributed by atoms with van der Waals surface area (Å²) in [5.74, 6) is 1.30. The van der Waals surface area contributed by atoms with Gasteiger partial charge in [-0.15, -0.1) is 0 Å². The van der Waals surface area contributed by atoms with Crippen molar-refractivity contribution in [3.63, 3.8) is 0 Å². The van der Waals surface area contributed by atoms with E-state index in [1.165, 1.54) is 0 Å². The summed E-state index contributed by atoms with van der Waals surface area (Å²) in [6.45, 7) is 5.05. The molecule has 2 N–H and O–H groups in total. The van der Waals surface area contributed by atoms with E-state index in [4.69, 9.17) is 0 Å². The van der Waals surface area contributed by atoms with Gasteiger partial charge in [-0.1, -0.05) is 13.0 Å². The van der Waals surface area contributed by atoms with E-state index in [1.54, 1.807) is 6.20 Å². The van der Waals surface area contributed by atoms with Crippen molar-refractivity contribution in [3.05, 3.63) is 23.9 Å². The molecule has 17 heavy (non-hydrogen) atoms. The van der Waals surface area contributed by atoms with E-state index in [0.29, 0.717) is 11.7 Å². The second-order valence-electron chi connectivity index (χ2n) is 4.79. The minimum atomic E-state index is -0.0832. The Hall–Kier alpha value is -1.42. The minimum Gasteiger partial charge on any atom is -0.309 e. The lowest BCUT2D eigenvalue weighted by molar-refractivity contribution is -0.119. The van der Waals surface area contributed by atoms with Crippen LogP contribution in [0.4, 0.5) is 5.82 Å². The highest BCUT2D eigenvalue weighted by atomic mass is 16.2. The molecule has 92 valence electrons. The molecule has 0 radical (unpaired) electrons. The van der Waals surface area contributed by atoms with Crippen LogP contribution in [0, 0.1) is 12.8 Å². The van der Waals surface area contributed by atoms with Crippen LogP contribution in [-0.2, 0) is 4.79 Å². The summed E-state index contributed by atoms with van der Waals surface area (Å²) in [5, 5.41) is 6.14. The largest absolute Gasteiger partial charge is 0.309 e. The highest BCUT2D eigenvalue weighted by Crippen LogP contribution is 2.17. The third-order valence-corrected chi connectivity index (χ3v) is 3.23. The van der Waals surface area contributed by atoms with E-state index in [0.717, 1.165) is 24.9 Å². The predicted octanol–water partition coefficient (Wildman–Crippen LogP) is 1.72. The predicted molar refractivity (Wildman–Crippen MR) is 67.8 cm³/mol. The second kappa shape index (κ2) is 5.27. The second-order valence-corrected chi connectivity index (χ2v) is 4.79. The number of anilines is 1. The lowest BCUT2D eigenvalue weighted by Gasteiger charge is -2.27. The molecule has 2 rings (SSSR count). The third-order valence-electron chi connectivity index (χ3n) is 3.23.